The molecule has 2 aromatic heterocycles. The van der Waals surface area contributed by atoms with Crippen molar-refractivity contribution in [2.75, 3.05) is 18.1 Å². The van der Waals surface area contributed by atoms with E-state index in [0.29, 0.717) is 25.2 Å². The molecule has 5 N–H and O–H groups in total. The number of halogens is 1. The van der Waals surface area contributed by atoms with Crippen LogP contribution >= 0.6 is 27.3 Å². The molecule has 0 fully saturated rings. The number of tetrazole rings is 1. The Labute approximate surface area is 284 Å². The van der Waals surface area contributed by atoms with Gasteiger partial charge in [0.25, 0.3) is 0 Å². The van der Waals surface area contributed by atoms with Gasteiger partial charge in [0.2, 0.25) is 11.8 Å². The number of benzene rings is 3. The summed E-state index contributed by atoms with van der Waals surface area (Å²) in [6.45, 7) is 3.82. The van der Waals surface area contributed by atoms with Crippen LogP contribution in [0.5, 0.6) is 0 Å². The lowest BCUT2D eigenvalue weighted by molar-refractivity contribution is -0.128. The molecule has 2 amide bonds. The van der Waals surface area contributed by atoms with Crippen molar-refractivity contribution in [1.29, 1.82) is 0 Å². The van der Waals surface area contributed by atoms with E-state index in [1.807, 2.05) is 68.4 Å². The van der Waals surface area contributed by atoms with Gasteiger partial charge in [-0.25, -0.2) is 5.10 Å². The zero-order chi connectivity index (χ0) is 33.1. The highest BCUT2D eigenvalue weighted by molar-refractivity contribution is 9.10. The maximum Gasteiger partial charge on any atom is 0.249 e. The standard InChI is InChI=1S/C34H36BrN7O4S/c1-34(2,36-17-22(44)19-43)16-29(45)37-26-13-12-21-7-3-6-10-27(21)42(33(26)46)18-20-11-14-28-25(15-20)30(35)31(47-28)23-8-4-5-9-24(23)32-38-40-41-39-32/h3-11,14-15,22,26,36,43-44H,12-13,16-19H2,1-2H3,(H,37,45)(H,38,39,40,41)/t22-,26+/m0/s1. The quantitative estimate of drug-likeness (QED) is 0.133. The summed E-state index contributed by atoms with van der Waals surface area (Å²) in [6.07, 6.45) is 0.310. The van der Waals surface area contributed by atoms with Crippen molar-refractivity contribution in [3.05, 3.63) is 82.3 Å². The van der Waals surface area contributed by atoms with Crippen LogP contribution in [0.25, 0.3) is 31.9 Å². The minimum Gasteiger partial charge on any atom is -0.394 e. The molecule has 1 aliphatic rings. The molecule has 0 radical (unpaired) electrons. The minimum absolute atomic E-state index is 0.100. The van der Waals surface area contributed by atoms with Crippen LogP contribution in [0, 0.1) is 0 Å². The molecule has 0 aliphatic carbocycles. The summed E-state index contributed by atoms with van der Waals surface area (Å²) >= 11 is 5.53. The van der Waals surface area contributed by atoms with E-state index in [0.717, 1.165) is 47.4 Å². The largest absolute Gasteiger partial charge is 0.394 e. The summed E-state index contributed by atoms with van der Waals surface area (Å²) in [5.74, 6) is 0.165. The Morgan fingerprint density at radius 2 is 1.91 bits per heavy atom. The van der Waals surface area contributed by atoms with Crippen LogP contribution < -0.4 is 15.5 Å². The zero-order valence-corrected chi connectivity index (χ0v) is 28.4. The Balaban J connectivity index is 1.25. The number of aliphatic hydroxyl groups is 2. The molecule has 1 aliphatic heterocycles. The lowest BCUT2D eigenvalue weighted by atomic mass is 9.99. The fourth-order valence-electron chi connectivity index (χ4n) is 5.91. The van der Waals surface area contributed by atoms with Crippen molar-refractivity contribution in [1.82, 2.24) is 31.3 Å². The summed E-state index contributed by atoms with van der Waals surface area (Å²) in [6, 6.07) is 21.4. The number of hydrogen-bond acceptors (Lipinski definition) is 9. The number of para-hydroxylation sites is 1. The third-order valence-corrected chi connectivity index (χ3v) is 10.6. The molecule has 0 saturated carbocycles. The first-order chi connectivity index (χ1) is 22.6. The Hall–Kier alpha value is -4.01. The lowest BCUT2D eigenvalue weighted by Crippen LogP contribution is -2.51. The average Bonchev–Trinajstić information content (AvgIpc) is 3.70. The number of aromatic nitrogens is 4. The molecule has 3 aromatic carbocycles. The Morgan fingerprint density at radius 3 is 2.68 bits per heavy atom. The second-order valence-electron chi connectivity index (χ2n) is 12.4. The van der Waals surface area contributed by atoms with Crippen LogP contribution in [-0.2, 0) is 22.6 Å². The van der Waals surface area contributed by atoms with Gasteiger partial charge in [0.15, 0.2) is 5.82 Å². The van der Waals surface area contributed by atoms with Gasteiger partial charge in [-0.05, 0) is 82.4 Å². The molecular formula is C34H36BrN7O4S. The highest BCUT2D eigenvalue weighted by Gasteiger charge is 2.33. The van der Waals surface area contributed by atoms with E-state index in [9.17, 15) is 14.7 Å². The first-order valence-corrected chi connectivity index (χ1v) is 17.0. The molecule has 6 rings (SSSR count). The number of aliphatic hydroxyl groups excluding tert-OH is 2. The predicted molar refractivity (Wildman–Crippen MR) is 186 cm³/mol. The predicted octanol–water partition coefficient (Wildman–Crippen LogP) is 4.59. The second kappa shape index (κ2) is 14.0. The van der Waals surface area contributed by atoms with Gasteiger partial charge in [0, 0.05) is 49.9 Å². The number of anilines is 1. The Kier molecular flexibility index (Phi) is 9.80. The van der Waals surface area contributed by atoms with E-state index in [1.54, 1.807) is 16.2 Å². The molecule has 0 bridgehead atoms. The molecule has 11 nitrogen and oxygen atoms in total. The van der Waals surface area contributed by atoms with Crippen molar-refractivity contribution in [2.45, 2.75) is 57.3 Å². The number of aromatic amines is 1. The van der Waals surface area contributed by atoms with E-state index >= 15 is 0 Å². The van der Waals surface area contributed by atoms with Gasteiger partial charge in [-0.2, -0.15) is 0 Å². The van der Waals surface area contributed by atoms with E-state index in [2.05, 4.69) is 59.3 Å². The van der Waals surface area contributed by atoms with E-state index in [1.165, 1.54) is 0 Å². The number of thiophene rings is 1. The van der Waals surface area contributed by atoms with Gasteiger partial charge in [0.1, 0.15) is 6.04 Å². The van der Waals surface area contributed by atoms with Gasteiger partial charge in [0.05, 0.1) is 24.1 Å². The number of fused-ring (bicyclic) bond motifs is 2. The summed E-state index contributed by atoms with van der Waals surface area (Å²) in [7, 11) is 0. The van der Waals surface area contributed by atoms with Gasteiger partial charge in [-0.15, -0.1) is 16.4 Å². The zero-order valence-electron chi connectivity index (χ0n) is 26.0. The maximum absolute atomic E-state index is 14.1. The highest BCUT2D eigenvalue weighted by Crippen LogP contribution is 2.45. The van der Waals surface area contributed by atoms with E-state index in [4.69, 9.17) is 5.11 Å². The van der Waals surface area contributed by atoms with Crippen molar-refractivity contribution in [2.24, 2.45) is 0 Å². The minimum atomic E-state index is -0.916. The number of β-amino-alcohol motifs (C(OH)–C–C–N with tert-alkyl or cyclic N) is 1. The normalized spacial score (nSPS) is 15.8. The first-order valence-electron chi connectivity index (χ1n) is 15.4. The van der Waals surface area contributed by atoms with Crippen LogP contribution in [0.3, 0.4) is 0 Å². The van der Waals surface area contributed by atoms with Crippen molar-refractivity contribution < 1.29 is 19.8 Å². The monoisotopic (exact) mass is 717 g/mol. The molecule has 0 unspecified atom stereocenters. The number of H-pyrrole nitrogens is 1. The third-order valence-electron chi connectivity index (χ3n) is 8.32. The topological polar surface area (TPSA) is 156 Å². The van der Waals surface area contributed by atoms with E-state index in [-0.39, 0.29) is 31.4 Å². The fraction of sp³-hybridized carbons (Fsp3) is 0.324. The Bertz CT molecular complexity index is 1890. The SMILES string of the molecule is CC(C)(CC(=O)N[C@@H]1CCc2ccccc2N(Cc2ccc3sc(-c4ccccc4-c4nnn[nH]4)c(Br)c3c2)C1=O)NC[C@H](O)CO. The van der Waals surface area contributed by atoms with Crippen LogP contribution in [-0.4, -0.2) is 73.5 Å². The van der Waals surface area contributed by atoms with Crippen LogP contribution in [0.15, 0.2) is 71.2 Å². The fourth-order valence-corrected chi connectivity index (χ4v) is 7.94. The van der Waals surface area contributed by atoms with Gasteiger partial charge in [-0.1, -0.05) is 48.5 Å². The number of amides is 2. The number of nitrogens with zero attached hydrogens (tertiary/aromatic N) is 4. The van der Waals surface area contributed by atoms with Gasteiger partial charge < -0.3 is 25.7 Å². The van der Waals surface area contributed by atoms with Crippen molar-refractivity contribution >= 4 is 54.9 Å². The molecule has 0 saturated heterocycles. The Morgan fingerprint density at radius 1 is 1.15 bits per heavy atom. The highest BCUT2D eigenvalue weighted by atomic mass is 79.9. The third kappa shape index (κ3) is 7.29. The number of carbonyl (C=O) groups excluding carboxylic acids is 2. The number of nitrogens with one attached hydrogen (secondary N) is 3. The lowest BCUT2D eigenvalue weighted by Gasteiger charge is -2.29. The molecular weight excluding hydrogens is 682 g/mol. The van der Waals surface area contributed by atoms with Gasteiger partial charge >= 0.3 is 0 Å². The van der Waals surface area contributed by atoms with Crippen LogP contribution in [0.1, 0.15) is 37.8 Å². The summed E-state index contributed by atoms with van der Waals surface area (Å²) in [5, 5.41) is 40.5. The molecule has 2 atom stereocenters. The molecule has 0 spiro atoms. The first kappa shape index (κ1) is 32.9. The summed E-state index contributed by atoms with van der Waals surface area (Å²) in [5.41, 5.74) is 4.10. The second-order valence-corrected chi connectivity index (χ2v) is 14.2. The van der Waals surface area contributed by atoms with Crippen LogP contribution in [0.2, 0.25) is 0 Å². The van der Waals surface area contributed by atoms with Crippen molar-refractivity contribution in [3.8, 4) is 21.8 Å². The number of carbonyl (C=O) groups is 2. The molecule has 244 valence electrons. The number of aryl methyl sites for hydroxylation is 1. The maximum atomic E-state index is 14.1. The van der Waals surface area contributed by atoms with Crippen molar-refractivity contribution in [3.63, 3.8) is 0 Å². The average molecular weight is 719 g/mol. The van der Waals surface area contributed by atoms with Gasteiger partial charge in [-0.3, -0.25) is 9.59 Å². The number of rotatable bonds is 11. The molecule has 13 heteroatoms. The smallest absolute Gasteiger partial charge is 0.249 e. The summed E-state index contributed by atoms with van der Waals surface area (Å²) < 4.78 is 2.05. The molecule has 47 heavy (non-hydrogen) atoms. The van der Waals surface area contributed by atoms with E-state index < -0.39 is 17.7 Å². The molecule has 5 aromatic rings. The summed E-state index contributed by atoms with van der Waals surface area (Å²) in [4.78, 5) is 30.2. The van der Waals surface area contributed by atoms with Crippen LogP contribution in [0.4, 0.5) is 5.69 Å². The molecule has 3 heterocycles. The number of hydrogen-bond donors (Lipinski definition) is 5.